The maximum atomic E-state index is 13.8. The van der Waals surface area contributed by atoms with E-state index in [1.165, 1.54) is 12.1 Å². The van der Waals surface area contributed by atoms with Gasteiger partial charge in [-0.25, -0.2) is 4.39 Å². The Bertz CT molecular complexity index is 548. The van der Waals surface area contributed by atoms with Crippen LogP contribution in [0.25, 0.3) is 10.9 Å². The van der Waals surface area contributed by atoms with Crippen LogP contribution in [0, 0.1) is 5.82 Å². The summed E-state index contributed by atoms with van der Waals surface area (Å²) in [4.78, 5) is 4.03. The van der Waals surface area contributed by atoms with Crippen molar-refractivity contribution in [3.8, 4) is 0 Å². The molecule has 18 heavy (non-hydrogen) atoms. The molecular formula is C13H15FN2O2. The van der Waals surface area contributed by atoms with Gasteiger partial charge in [-0.3, -0.25) is 4.98 Å². The number of aromatic nitrogens is 1. The van der Waals surface area contributed by atoms with Crippen LogP contribution in [0.5, 0.6) is 0 Å². The summed E-state index contributed by atoms with van der Waals surface area (Å²) >= 11 is 0. The summed E-state index contributed by atoms with van der Waals surface area (Å²) in [6.45, 7) is 0.186. The highest BCUT2D eigenvalue weighted by Gasteiger charge is 2.21. The summed E-state index contributed by atoms with van der Waals surface area (Å²) in [6.07, 6.45) is -0.742. The first-order valence-electron chi connectivity index (χ1n) is 5.68. The highest BCUT2D eigenvalue weighted by molar-refractivity contribution is 5.79. The van der Waals surface area contributed by atoms with Crippen molar-refractivity contribution >= 4 is 10.9 Å². The number of hydrogen-bond acceptors (Lipinski definition) is 4. The van der Waals surface area contributed by atoms with E-state index in [0.29, 0.717) is 5.52 Å². The van der Waals surface area contributed by atoms with Gasteiger partial charge in [0.2, 0.25) is 0 Å². The number of benzene rings is 1. The number of aliphatic hydroxyl groups excluding tert-OH is 2. The Morgan fingerprint density at radius 2 is 2.17 bits per heavy atom. The second kappa shape index (κ2) is 5.39. The van der Waals surface area contributed by atoms with Crippen molar-refractivity contribution in [1.82, 2.24) is 10.3 Å². The highest BCUT2D eigenvalue weighted by Crippen LogP contribution is 2.24. The largest absolute Gasteiger partial charge is 0.389 e. The molecule has 2 aromatic rings. The van der Waals surface area contributed by atoms with E-state index in [2.05, 4.69) is 10.3 Å². The predicted octanol–water partition coefficient (Wildman–Crippen LogP) is 0.988. The number of fused-ring (bicyclic) bond motifs is 1. The number of nitrogens with one attached hydrogen (secondary N) is 1. The second-order valence-electron chi connectivity index (χ2n) is 4.14. The van der Waals surface area contributed by atoms with Gasteiger partial charge in [0.1, 0.15) is 11.9 Å². The third kappa shape index (κ3) is 2.48. The molecular weight excluding hydrogens is 235 g/mol. The minimum atomic E-state index is -1.26. The molecule has 96 valence electrons. The molecule has 2 unspecified atom stereocenters. The van der Waals surface area contributed by atoms with Crippen LogP contribution in [0.15, 0.2) is 30.5 Å². The fourth-order valence-corrected chi connectivity index (χ4v) is 1.87. The maximum absolute atomic E-state index is 13.8. The molecule has 0 saturated carbocycles. The molecule has 2 rings (SSSR count). The van der Waals surface area contributed by atoms with Crippen molar-refractivity contribution in [2.75, 3.05) is 13.6 Å². The molecule has 1 aromatic heterocycles. The van der Waals surface area contributed by atoms with Gasteiger partial charge in [-0.2, -0.15) is 0 Å². The minimum Gasteiger partial charge on any atom is -0.389 e. The van der Waals surface area contributed by atoms with Crippen molar-refractivity contribution in [3.05, 3.63) is 41.8 Å². The third-order valence-corrected chi connectivity index (χ3v) is 2.82. The van der Waals surface area contributed by atoms with Gasteiger partial charge in [0, 0.05) is 29.8 Å². The van der Waals surface area contributed by atoms with Crippen LogP contribution in [0.3, 0.4) is 0 Å². The van der Waals surface area contributed by atoms with Crippen molar-refractivity contribution in [2.24, 2.45) is 0 Å². The van der Waals surface area contributed by atoms with Crippen LogP contribution in [0.2, 0.25) is 0 Å². The van der Waals surface area contributed by atoms with Crippen LogP contribution in [0.4, 0.5) is 4.39 Å². The van der Waals surface area contributed by atoms with Crippen LogP contribution >= 0.6 is 0 Å². The van der Waals surface area contributed by atoms with Crippen LogP contribution < -0.4 is 5.32 Å². The van der Waals surface area contributed by atoms with Gasteiger partial charge in [0.25, 0.3) is 0 Å². The Morgan fingerprint density at radius 1 is 1.39 bits per heavy atom. The number of halogens is 1. The lowest BCUT2D eigenvalue weighted by molar-refractivity contribution is 0.0182. The molecule has 0 amide bonds. The second-order valence-corrected chi connectivity index (χ2v) is 4.14. The molecule has 0 aliphatic heterocycles. The Morgan fingerprint density at radius 3 is 2.89 bits per heavy atom. The van der Waals surface area contributed by atoms with Gasteiger partial charge in [0.05, 0.1) is 11.6 Å². The highest BCUT2D eigenvalue weighted by atomic mass is 19.1. The molecule has 5 heteroatoms. The average molecular weight is 250 g/mol. The first-order chi connectivity index (χ1) is 8.63. The predicted molar refractivity (Wildman–Crippen MR) is 66.6 cm³/mol. The summed E-state index contributed by atoms with van der Waals surface area (Å²) in [5.41, 5.74) is 0.604. The molecule has 0 aliphatic carbocycles. The summed E-state index contributed by atoms with van der Waals surface area (Å²) < 4.78 is 13.8. The summed E-state index contributed by atoms with van der Waals surface area (Å²) in [5, 5.41) is 23.0. The molecule has 2 atom stereocenters. The lowest BCUT2D eigenvalue weighted by Gasteiger charge is -2.18. The standard InChI is InChI=1S/C13H15FN2O2/c1-15-7-12(17)13(18)9-5-8-3-2-4-16-11(8)6-10(9)14/h2-6,12-13,15,17-18H,7H2,1H3. The van der Waals surface area contributed by atoms with Gasteiger partial charge in [-0.15, -0.1) is 0 Å². The van der Waals surface area contributed by atoms with Crippen molar-refractivity contribution < 1.29 is 14.6 Å². The molecule has 0 spiro atoms. The summed E-state index contributed by atoms with van der Waals surface area (Å²) in [6, 6.07) is 6.30. The third-order valence-electron chi connectivity index (χ3n) is 2.82. The monoisotopic (exact) mass is 250 g/mol. The molecule has 1 heterocycles. The van der Waals surface area contributed by atoms with Gasteiger partial charge in [-0.1, -0.05) is 6.07 Å². The topological polar surface area (TPSA) is 65.4 Å². The zero-order chi connectivity index (χ0) is 13.1. The number of hydrogen-bond donors (Lipinski definition) is 3. The van der Waals surface area contributed by atoms with E-state index in [-0.39, 0.29) is 12.1 Å². The Kier molecular flexibility index (Phi) is 3.86. The quantitative estimate of drug-likeness (QED) is 0.757. The molecule has 4 nitrogen and oxygen atoms in total. The van der Waals surface area contributed by atoms with Gasteiger partial charge >= 0.3 is 0 Å². The lowest BCUT2D eigenvalue weighted by atomic mass is 10.0. The normalized spacial score (nSPS) is 14.7. The smallest absolute Gasteiger partial charge is 0.131 e. The minimum absolute atomic E-state index is 0.0817. The first-order valence-corrected chi connectivity index (χ1v) is 5.68. The molecule has 0 bridgehead atoms. The van der Waals surface area contributed by atoms with E-state index in [9.17, 15) is 14.6 Å². The van der Waals surface area contributed by atoms with Gasteiger partial charge in [-0.05, 0) is 19.2 Å². The Balaban J connectivity index is 2.41. The number of likely N-dealkylation sites (N-methyl/N-ethyl adjacent to an activating group) is 1. The maximum Gasteiger partial charge on any atom is 0.131 e. The van der Waals surface area contributed by atoms with E-state index < -0.39 is 18.0 Å². The van der Waals surface area contributed by atoms with Crippen LogP contribution in [0.1, 0.15) is 11.7 Å². The number of nitrogens with zero attached hydrogens (tertiary/aromatic N) is 1. The SMILES string of the molecule is CNCC(O)C(O)c1cc2cccnc2cc1F. The zero-order valence-electron chi connectivity index (χ0n) is 9.97. The molecule has 0 aliphatic rings. The summed E-state index contributed by atoms with van der Waals surface area (Å²) in [7, 11) is 1.65. The van der Waals surface area contributed by atoms with Gasteiger partial charge < -0.3 is 15.5 Å². The molecule has 3 N–H and O–H groups in total. The summed E-state index contributed by atoms with van der Waals surface area (Å²) in [5.74, 6) is -0.566. The molecule has 0 saturated heterocycles. The number of rotatable bonds is 4. The molecule has 0 radical (unpaired) electrons. The van der Waals surface area contributed by atoms with Crippen molar-refractivity contribution in [3.63, 3.8) is 0 Å². The van der Waals surface area contributed by atoms with E-state index in [0.717, 1.165) is 5.39 Å². The van der Waals surface area contributed by atoms with Crippen molar-refractivity contribution in [1.29, 1.82) is 0 Å². The van der Waals surface area contributed by atoms with E-state index in [1.54, 1.807) is 25.4 Å². The van der Waals surface area contributed by atoms with Crippen molar-refractivity contribution in [2.45, 2.75) is 12.2 Å². The molecule has 0 fully saturated rings. The zero-order valence-corrected chi connectivity index (χ0v) is 9.97. The van der Waals surface area contributed by atoms with Crippen LogP contribution in [-0.2, 0) is 0 Å². The Hall–Kier alpha value is -1.56. The fraction of sp³-hybridized carbons (Fsp3) is 0.308. The van der Waals surface area contributed by atoms with E-state index in [4.69, 9.17) is 0 Å². The average Bonchev–Trinajstić information content (AvgIpc) is 2.37. The number of pyridine rings is 1. The first kappa shape index (κ1) is 12.9. The number of aliphatic hydroxyl groups is 2. The lowest BCUT2D eigenvalue weighted by Crippen LogP contribution is -2.30. The van der Waals surface area contributed by atoms with Gasteiger partial charge in [0.15, 0.2) is 0 Å². The van der Waals surface area contributed by atoms with Crippen LogP contribution in [-0.4, -0.2) is 34.9 Å². The Labute approximate surface area is 104 Å². The van der Waals surface area contributed by atoms with E-state index in [1.807, 2.05) is 0 Å². The molecule has 1 aromatic carbocycles. The van der Waals surface area contributed by atoms with E-state index >= 15 is 0 Å². The fourth-order valence-electron chi connectivity index (χ4n) is 1.87.